The van der Waals surface area contributed by atoms with Crippen molar-refractivity contribution < 1.29 is 18.3 Å². The predicted molar refractivity (Wildman–Crippen MR) is 139 cm³/mol. The van der Waals surface area contributed by atoms with E-state index in [1.165, 1.54) is 31.4 Å². The molecule has 7 nitrogen and oxygen atoms in total. The summed E-state index contributed by atoms with van der Waals surface area (Å²) in [7, 11) is 1.32. The Morgan fingerprint density at radius 1 is 1.11 bits per heavy atom. The van der Waals surface area contributed by atoms with E-state index in [1.54, 1.807) is 18.2 Å². The molecule has 1 N–H and O–H groups in total. The van der Waals surface area contributed by atoms with Gasteiger partial charge in [0, 0.05) is 17.5 Å². The van der Waals surface area contributed by atoms with Gasteiger partial charge in [0.05, 0.1) is 18.5 Å². The Morgan fingerprint density at radius 2 is 1.86 bits per heavy atom. The van der Waals surface area contributed by atoms with Crippen LogP contribution in [0.3, 0.4) is 0 Å². The molecule has 1 aliphatic heterocycles. The van der Waals surface area contributed by atoms with Gasteiger partial charge >= 0.3 is 5.97 Å². The maximum absolute atomic E-state index is 14.2. The number of fused-ring (bicyclic) bond motifs is 1. The molecule has 0 amide bonds. The highest BCUT2D eigenvalue weighted by atomic mass is 19.1. The number of nitrogens with one attached hydrogen (secondary N) is 1. The summed E-state index contributed by atoms with van der Waals surface area (Å²) in [6, 6.07) is 9.75. The van der Waals surface area contributed by atoms with Crippen LogP contribution in [0.5, 0.6) is 0 Å². The predicted octanol–water partition coefficient (Wildman–Crippen LogP) is 4.87. The summed E-state index contributed by atoms with van der Waals surface area (Å²) in [6.07, 6.45) is 1.72. The van der Waals surface area contributed by atoms with Gasteiger partial charge < -0.3 is 9.64 Å². The van der Waals surface area contributed by atoms with Crippen molar-refractivity contribution in [1.29, 1.82) is 0 Å². The summed E-state index contributed by atoms with van der Waals surface area (Å²) in [6.45, 7) is 8.82. The second-order valence-corrected chi connectivity index (χ2v) is 8.36. The van der Waals surface area contributed by atoms with Gasteiger partial charge in [-0.25, -0.2) is 18.6 Å². The summed E-state index contributed by atoms with van der Waals surface area (Å²) in [5, 5.41) is 4.35. The Bertz CT molecular complexity index is 1160. The van der Waals surface area contributed by atoms with E-state index in [2.05, 4.69) is 34.3 Å². The fourth-order valence-corrected chi connectivity index (χ4v) is 3.99. The zero-order chi connectivity index (χ0) is 26.1. The molecule has 192 valence electrons. The lowest BCUT2D eigenvalue weighted by Gasteiger charge is -2.17. The van der Waals surface area contributed by atoms with E-state index in [0.29, 0.717) is 41.2 Å². The Hall–Kier alpha value is -3.46. The minimum atomic E-state index is -0.518. The van der Waals surface area contributed by atoms with Crippen molar-refractivity contribution in [3.8, 4) is 0 Å². The minimum absolute atomic E-state index is 0.250. The summed E-state index contributed by atoms with van der Waals surface area (Å²) < 4.78 is 33.2. The molecule has 2 aromatic rings. The van der Waals surface area contributed by atoms with E-state index in [0.717, 1.165) is 26.1 Å². The first-order valence-corrected chi connectivity index (χ1v) is 12.3. The third-order valence-electron chi connectivity index (χ3n) is 6.05. The number of methoxy groups -OCH3 is 1. The molecule has 1 unspecified atom stereocenters. The summed E-state index contributed by atoms with van der Waals surface area (Å²) in [4.78, 5) is 24.1. The number of nitrogens with zero attached hydrogens (tertiary/aromatic N) is 4. The molecule has 3 rings (SSSR count). The highest BCUT2D eigenvalue weighted by molar-refractivity contribution is 6.36. The van der Waals surface area contributed by atoms with E-state index in [-0.39, 0.29) is 5.71 Å². The van der Waals surface area contributed by atoms with Crippen molar-refractivity contribution in [2.75, 3.05) is 26.7 Å². The zero-order valence-corrected chi connectivity index (χ0v) is 21.2. The van der Waals surface area contributed by atoms with Gasteiger partial charge in [-0.15, -0.1) is 0 Å². The zero-order valence-electron chi connectivity index (χ0n) is 21.2. The molecule has 0 aliphatic carbocycles. The van der Waals surface area contributed by atoms with Crippen molar-refractivity contribution >= 4 is 28.9 Å². The molecule has 1 aliphatic rings. The SMILES string of the molecule is CCC1N=C(c2cccc(F)c2)c2cc(F)ccc2N=C1NN=C(CCCN(CC)CC)C(=O)OC. The molecule has 9 heteroatoms. The van der Waals surface area contributed by atoms with Crippen molar-refractivity contribution in [3.05, 3.63) is 65.2 Å². The van der Waals surface area contributed by atoms with E-state index in [9.17, 15) is 13.6 Å². The van der Waals surface area contributed by atoms with E-state index < -0.39 is 23.6 Å². The fourth-order valence-electron chi connectivity index (χ4n) is 3.99. The smallest absolute Gasteiger partial charge is 0.354 e. The number of hydrogen-bond acceptors (Lipinski definition) is 7. The molecule has 0 radical (unpaired) electrons. The molecule has 0 bridgehead atoms. The van der Waals surface area contributed by atoms with Crippen LogP contribution in [0, 0.1) is 11.6 Å². The van der Waals surface area contributed by atoms with Crippen LogP contribution in [0.25, 0.3) is 0 Å². The number of carbonyl (C=O) groups is 1. The van der Waals surface area contributed by atoms with Crippen LogP contribution in [0.15, 0.2) is 57.6 Å². The minimum Gasteiger partial charge on any atom is -0.464 e. The van der Waals surface area contributed by atoms with Crippen molar-refractivity contribution in [3.63, 3.8) is 0 Å². The molecule has 1 atom stereocenters. The monoisotopic (exact) mass is 497 g/mol. The van der Waals surface area contributed by atoms with Crippen molar-refractivity contribution in [1.82, 2.24) is 10.3 Å². The van der Waals surface area contributed by atoms with Gasteiger partial charge in [-0.1, -0.05) is 32.9 Å². The van der Waals surface area contributed by atoms with Crippen molar-refractivity contribution in [2.24, 2.45) is 15.1 Å². The van der Waals surface area contributed by atoms with E-state index in [1.807, 2.05) is 6.92 Å². The molecule has 0 spiro atoms. The molecule has 0 saturated heterocycles. The molecule has 0 aromatic heterocycles. The lowest BCUT2D eigenvalue weighted by atomic mass is 10.00. The van der Waals surface area contributed by atoms with Crippen LogP contribution < -0.4 is 5.43 Å². The molecule has 1 heterocycles. The van der Waals surface area contributed by atoms with Gasteiger partial charge in [-0.05, 0) is 62.8 Å². The van der Waals surface area contributed by atoms with Gasteiger partial charge in [0.2, 0.25) is 0 Å². The Morgan fingerprint density at radius 3 is 2.53 bits per heavy atom. The normalized spacial score (nSPS) is 15.6. The molecule has 2 aromatic carbocycles. The highest BCUT2D eigenvalue weighted by Gasteiger charge is 2.24. The van der Waals surface area contributed by atoms with Gasteiger partial charge in [0.25, 0.3) is 0 Å². The van der Waals surface area contributed by atoms with Gasteiger partial charge in [-0.2, -0.15) is 5.10 Å². The standard InChI is InChI=1S/C27H33F2N5O2/c1-5-22-26(33-32-24(27(35)36-4)12-9-15-34(6-2)7-3)31-23-14-13-20(29)17-21(23)25(30-22)18-10-8-11-19(28)16-18/h8,10-11,13-14,16-17,22H,5-7,9,12,15H2,1-4H3,(H,31,33). The van der Waals surface area contributed by atoms with Crippen LogP contribution in [0.4, 0.5) is 14.5 Å². The third kappa shape index (κ3) is 6.81. The van der Waals surface area contributed by atoms with Gasteiger partial charge in [0.15, 0.2) is 0 Å². The maximum Gasteiger partial charge on any atom is 0.354 e. The van der Waals surface area contributed by atoms with Crippen LogP contribution in [0.2, 0.25) is 0 Å². The number of hydrazone groups is 1. The Kier molecular flexibility index (Phi) is 9.81. The molecule has 36 heavy (non-hydrogen) atoms. The summed E-state index contributed by atoms with van der Waals surface area (Å²) in [5.74, 6) is -0.976. The average Bonchev–Trinajstić information content (AvgIpc) is 3.04. The van der Waals surface area contributed by atoms with Gasteiger partial charge in [0.1, 0.15) is 29.2 Å². The van der Waals surface area contributed by atoms with Crippen LogP contribution >= 0.6 is 0 Å². The average molecular weight is 498 g/mol. The number of esters is 1. The molecule has 0 saturated carbocycles. The maximum atomic E-state index is 14.2. The lowest BCUT2D eigenvalue weighted by Crippen LogP contribution is -2.32. The third-order valence-corrected chi connectivity index (χ3v) is 6.05. The Labute approximate surface area is 211 Å². The first-order chi connectivity index (χ1) is 17.4. The highest BCUT2D eigenvalue weighted by Crippen LogP contribution is 2.28. The number of amidine groups is 1. The molecule has 0 fully saturated rings. The summed E-state index contributed by atoms with van der Waals surface area (Å²) in [5.41, 5.74) is 5.06. The number of rotatable bonds is 10. The first kappa shape index (κ1) is 27.1. The number of carbonyl (C=O) groups excluding carboxylic acids is 1. The first-order valence-electron chi connectivity index (χ1n) is 12.3. The van der Waals surface area contributed by atoms with Crippen LogP contribution in [-0.4, -0.2) is 60.9 Å². The topological polar surface area (TPSA) is 78.7 Å². The number of ether oxygens (including phenoxy) is 1. The quantitative estimate of drug-likeness (QED) is 0.289. The second-order valence-electron chi connectivity index (χ2n) is 8.36. The molecular formula is C27H33F2N5O2. The Balaban J connectivity index is 1.96. The van der Waals surface area contributed by atoms with Crippen molar-refractivity contribution in [2.45, 2.75) is 46.1 Å². The lowest BCUT2D eigenvalue weighted by molar-refractivity contribution is -0.132. The van der Waals surface area contributed by atoms with Crippen LogP contribution in [0.1, 0.15) is 51.2 Å². The van der Waals surface area contributed by atoms with Gasteiger partial charge in [-0.3, -0.25) is 10.4 Å². The second kappa shape index (κ2) is 13.0. The van der Waals surface area contributed by atoms with Crippen LogP contribution in [-0.2, 0) is 9.53 Å². The number of benzene rings is 2. The largest absolute Gasteiger partial charge is 0.464 e. The van der Waals surface area contributed by atoms with E-state index in [4.69, 9.17) is 9.73 Å². The fraction of sp³-hybridized carbons (Fsp3) is 0.407. The summed E-state index contributed by atoms with van der Waals surface area (Å²) >= 11 is 0. The molecular weight excluding hydrogens is 464 g/mol. The number of halogens is 2. The number of hydrogen-bond donors (Lipinski definition) is 1. The van der Waals surface area contributed by atoms with E-state index >= 15 is 0 Å². The number of aliphatic imine (C=N–C) groups is 2.